The second-order valence-corrected chi connectivity index (χ2v) is 0.469. The molecule has 0 aliphatic heterocycles. The van der Waals surface area contributed by atoms with E-state index in [-0.39, 0.29) is 0 Å². The lowest BCUT2D eigenvalue weighted by Gasteiger charge is -1.76. The third-order valence-corrected chi connectivity index (χ3v) is 0.192. The summed E-state index contributed by atoms with van der Waals surface area (Å²) >= 11 is 0. The average Bonchev–Trinajstić information content (AvgIpc) is 1.75. The van der Waals surface area contributed by atoms with Crippen LogP contribution >= 0.6 is 0 Å². The second-order valence-electron chi connectivity index (χ2n) is 0.469. The predicted octanol–water partition coefficient (Wildman–Crippen LogP) is 0.898. The highest BCUT2D eigenvalue weighted by Gasteiger charge is 1.45. The lowest BCUT2D eigenvalue weighted by molar-refractivity contribution is 0.399. The van der Waals surface area contributed by atoms with Gasteiger partial charge in [0.05, 0.1) is 12.5 Å². The minimum absolute atomic E-state index is 1.00. The SMILES string of the molecule is C=COC=C.CO. The van der Waals surface area contributed by atoms with Crippen molar-refractivity contribution >= 4 is 0 Å². The first-order chi connectivity index (χ1) is 3.41. The first kappa shape index (κ1) is 9.53. The molecule has 0 amide bonds. The number of aliphatic hydroxyl groups excluding tert-OH is 1. The highest BCUT2D eigenvalue weighted by Crippen LogP contribution is 1.65. The topological polar surface area (TPSA) is 29.5 Å². The summed E-state index contributed by atoms with van der Waals surface area (Å²) in [6, 6.07) is 0. The summed E-state index contributed by atoms with van der Waals surface area (Å²) < 4.78 is 4.36. The molecule has 0 saturated carbocycles. The maximum absolute atomic E-state index is 7.00. The third kappa shape index (κ3) is 35.8. The molecular formula is C5H10O2. The van der Waals surface area contributed by atoms with Crippen molar-refractivity contribution in [2.45, 2.75) is 0 Å². The fraction of sp³-hybridized carbons (Fsp3) is 0.200. The molecule has 0 saturated heterocycles. The van der Waals surface area contributed by atoms with E-state index < -0.39 is 0 Å². The molecule has 0 unspecified atom stereocenters. The summed E-state index contributed by atoms with van der Waals surface area (Å²) in [7, 11) is 1.00. The van der Waals surface area contributed by atoms with E-state index in [2.05, 4.69) is 17.9 Å². The van der Waals surface area contributed by atoms with Crippen molar-refractivity contribution < 1.29 is 9.84 Å². The summed E-state index contributed by atoms with van der Waals surface area (Å²) in [5.74, 6) is 0. The van der Waals surface area contributed by atoms with Crippen molar-refractivity contribution in [1.29, 1.82) is 0 Å². The van der Waals surface area contributed by atoms with Crippen molar-refractivity contribution in [2.75, 3.05) is 7.11 Å². The van der Waals surface area contributed by atoms with Crippen LogP contribution in [0.15, 0.2) is 25.7 Å². The standard InChI is InChI=1S/C4H6O.CH4O/c1-3-5-4-2;1-2/h3-4H,1-2H2;2H,1H3. The molecule has 0 aliphatic rings. The molecule has 0 rings (SSSR count). The Morgan fingerprint density at radius 1 is 1.29 bits per heavy atom. The van der Waals surface area contributed by atoms with E-state index in [0.29, 0.717) is 0 Å². The van der Waals surface area contributed by atoms with Gasteiger partial charge in [-0.1, -0.05) is 13.2 Å². The van der Waals surface area contributed by atoms with Crippen LogP contribution in [-0.4, -0.2) is 12.2 Å². The average molecular weight is 102 g/mol. The number of hydrogen-bond acceptors (Lipinski definition) is 2. The summed E-state index contributed by atoms with van der Waals surface area (Å²) in [4.78, 5) is 0. The second kappa shape index (κ2) is 18.8. The molecule has 0 aliphatic carbocycles. The minimum Gasteiger partial charge on any atom is -0.474 e. The summed E-state index contributed by atoms with van der Waals surface area (Å²) in [5, 5.41) is 7.00. The zero-order valence-corrected chi connectivity index (χ0v) is 4.42. The first-order valence-corrected chi connectivity index (χ1v) is 1.74. The number of ether oxygens (including phenoxy) is 1. The molecule has 0 aromatic rings. The molecule has 0 atom stereocenters. The Bertz CT molecular complexity index is 35.3. The van der Waals surface area contributed by atoms with E-state index in [1.165, 1.54) is 12.5 Å². The lowest BCUT2D eigenvalue weighted by atomic mass is 11.1. The van der Waals surface area contributed by atoms with Gasteiger partial charge in [-0.3, -0.25) is 0 Å². The summed E-state index contributed by atoms with van der Waals surface area (Å²) in [5.41, 5.74) is 0. The van der Waals surface area contributed by atoms with Gasteiger partial charge in [0.25, 0.3) is 0 Å². The van der Waals surface area contributed by atoms with Crippen LogP contribution in [0.3, 0.4) is 0 Å². The quantitative estimate of drug-likeness (QED) is 0.525. The Balaban J connectivity index is 0. The minimum atomic E-state index is 1.00. The monoisotopic (exact) mass is 102 g/mol. The van der Waals surface area contributed by atoms with Gasteiger partial charge in [0.2, 0.25) is 0 Å². The molecule has 0 fully saturated rings. The Hall–Kier alpha value is -0.760. The van der Waals surface area contributed by atoms with Crippen LogP contribution in [0.1, 0.15) is 0 Å². The van der Waals surface area contributed by atoms with Gasteiger partial charge in [-0.25, -0.2) is 0 Å². The van der Waals surface area contributed by atoms with E-state index in [1.807, 2.05) is 0 Å². The number of aliphatic hydroxyl groups is 1. The molecular weight excluding hydrogens is 92.1 g/mol. The van der Waals surface area contributed by atoms with Crippen LogP contribution in [0, 0.1) is 0 Å². The van der Waals surface area contributed by atoms with Crippen molar-refractivity contribution in [3.8, 4) is 0 Å². The maximum Gasteiger partial charge on any atom is 0.0829 e. The van der Waals surface area contributed by atoms with Gasteiger partial charge in [-0.2, -0.15) is 0 Å². The molecule has 7 heavy (non-hydrogen) atoms. The highest BCUT2D eigenvalue weighted by molar-refractivity contribution is 4.57. The van der Waals surface area contributed by atoms with Gasteiger partial charge >= 0.3 is 0 Å². The largest absolute Gasteiger partial charge is 0.474 e. The molecule has 0 aromatic carbocycles. The molecule has 2 nitrogen and oxygen atoms in total. The van der Waals surface area contributed by atoms with Gasteiger partial charge < -0.3 is 9.84 Å². The van der Waals surface area contributed by atoms with Crippen molar-refractivity contribution in [2.24, 2.45) is 0 Å². The van der Waals surface area contributed by atoms with Gasteiger partial charge in [0.1, 0.15) is 0 Å². The van der Waals surface area contributed by atoms with Crippen molar-refractivity contribution in [3.05, 3.63) is 25.7 Å². The summed E-state index contributed by atoms with van der Waals surface area (Å²) in [6.45, 7) is 6.51. The summed E-state index contributed by atoms with van der Waals surface area (Å²) in [6.07, 6.45) is 2.62. The zero-order chi connectivity index (χ0) is 6.12. The van der Waals surface area contributed by atoms with Crippen LogP contribution in [0.5, 0.6) is 0 Å². The van der Waals surface area contributed by atoms with E-state index in [0.717, 1.165) is 7.11 Å². The van der Waals surface area contributed by atoms with Crippen LogP contribution < -0.4 is 0 Å². The maximum atomic E-state index is 7.00. The van der Waals surface area contributed by atoms with Crippen LogP contribution in [0.25, 0.3) is 0 Å². The molecule has 0 aromatic heterocycles. The normalized spacial score (nSPS) is 4.86. The molecule has 0 bridgehead atoms. The molecule has 0 spiro atoms. The fourth-order valence-electron chi connectivity index (χ4n) is 0.0680. The molecule has 2 heteroatoms. The van der Waals surface area contributed by atoms with Crippen LogP contribution in [0.2, 0.25) is 0 Å². The molecule has 0 heterocycles. The van der Waals surface area contributed by atoms with Gasteiger partial charge in [0.15, 0.2) is 0 Å². The van der Waals surface area contributed by atoms with Crippen molar-refractivity contribution in [1.82, 2.24) is 0 Å². The van der Waals surface area contributed by atoms with E-state index in [1.54, 1.807) is 0 Å². The van der Waals surface area contributed by atoms with Crippen LogP contribution in [0.4, 0.5) is 0 Å². The van der Waals surface area contributed by atoms with E-state index >= 15 is 0 Å². The number of hydrogen-bond donors (Lipinski definition) is 1. The molecule has 1 N–H and O–H groups in total. The Morgan fingerprint density at radius 3 is 1.57 bits per heavy atom. The van der Waals surface area contributed by atoms with Gasteiger partial charge in [0, 0.05) is 7.11 Å². The number of rotatable bonds is 2. The van der Waals surface area contributed by atoms with E-state index in [4.69, 9.17) is 5.11 Å². The van der Waals surface area contributed by atoms with Gasteiger partial charge in [-0.05, 0) is 0 Å². The van der Waals surface area contributed by atoms with E-state index in [9.17, 15) is 0 Å². The Labute approximate surface area is 43.7 Å². The van der Waals surface area contributed by atoms with Gasteiger partial charge in [-0.15, -0.1) is 0 Å². The highest BCUT2D eigenvalue weighted by atomic mass is 16.5. The third-order valence-electron chi connectivity index (χ3n) is 0.192. The van der Waals surface area contributed by atoms with Crippen molar-refractivity contribution in [3.63, 3.8) is 0 Å². The first-order valence-electron chi connectivity index (χ1n) is 1.74. The fourth-order valence-corrected chi connectivity index (χ4v) is 0.0680. The molecule has 0 radical (unpaired) electrons. The Kier molecular flexibility index (Phi) is 25.6. The smallest absolute Gasteiger partial charge is 0.0829 e. The van der Waals surface area contributed by atoms with Crippen LogP contribution in [-0.2, 0) is 4.74 Å². The Morgan fingerprint density at radius 2 is 1.57 bits per heavy atom. The molecule has 42 valence electrons. The lowest BCUT2D eigenvalue weighted by Crippen LogP contribution is -1.52. The predicted molar refractivity (Wildman–Crippen MR) is 29.6 cm³/mol. The zero-order valence-electron chi connectivity index (χ0n) is 4.42.